The highest BCUT2D eigenvalue weighted by molar-refractivity contribution is 7.12. The Morgan fingerprint density at radius 1 is 1.12 bits per heavy atom. The largest absolute Gasteiger partial charge is 0.387 e. The lowest BCUT2D eigenvalue weighted by atomic mass is 9.89. The standard InChI is InChI=1S/C15H16OS/c1-11-7-8-13(17-11)14(16)15(9-10-15)12-5-3-2-4-6-12/h2-8,14,16H,9-10H2,1H3. The van der Waals surface area contributed by atoms with E-state index in [-0.39, 0.29) is 11.5 Å². The Labute approximate surface area is 106 Å². The van der Waals surface area contributed by atoms with Crippen LogP contribution in [0.5, 0.6) is 0 Å². The quantitative estimate of drug-likeness (QED) is 0.870. The maximum atomic E-state index is 10.6. The molecule has 2 heteroatoms. The smallest absolute Gasteiger partial charge is 0.0978 e. The van der Waals surface area contributed by atoms with Crippen LogP contribution in [0.4, 0.5) is 0 Å². The van der Waals surface area contributed by atoms with Crippen LogP contribution in [-0.2, 0) is 5.41 Å². The molecule has 1 aromatic heterocycles. The summed E-state index contributed by atoms with van der Waals surface area (Å²) in [5.74, 6) is 0. The molecule has 0 aliphatic heterocycles. The maximum absolute atomic E-state index is 10.6. The van der Waals surface area contributed by atoms with Gasteiger partial charge in [0.05, 0.1) is 6.10 Å². The van der Waals surface area contributed by atoms with Gasteiger partial charge in [-0.05, 0) is 37.5 Å². The SMILES string of the molecule is Cc1ccc(C(O)C2(c3ccccc3)CC2)s1. The number of hydrogen-bond donors (Lipinski definition) is 1. The van der Waals surface area contributed by atoms with Gasteiger partial charge in [0, 0.05) is 15.2 Å². The van der Waals surface area contributed by atoms with Gasteiger partial charge in [0.15, 0.2) is 0 Å². The van der Waals surface area contributed by atoms with Crippen molar-refractivity contribution in [2.45, 2.75) is 31.3 Å². The van der Waals surface area contributed by atoms with E-state index in [0.717, 1.165) is 17.7 Å². The first-order valence-electron chi connectivity index (χ1n) is 6.02. The number of hydrogen-bond acceptors (Lipinski definition) is 2. The zero-order chi connectivity index (χ0) is 11.9. The van der Waals surface area contributed by atoms with E-state index in [4.69, 9.17) is 0 Å². The topological polar surface area (TPSA) is 20.2 Å². The fourth-order valence-electron chi connectivity index (χ4n) is 2.50. The molecular formula is C15H16OS. The van der Waals surface area contributed by atoms with Gasteiger partial charge >= 0.3 is 0 Å². The Bertz CT molecular complexity index is 511. The van der Waals surface area contributed by atoms with Crippen molar-refractivity contribution in [1.29, 1.82) is 0 Å². The van der Waals surface area contributed by atoms with Gasteiger partial charge in [-0.25, -0.2) is 0 Å². The molecule has 1 atom stereocenters. The van der Waals surface area contributed by atoms with Crippen molar-refractivity contribution in [3.8, 4) is 0 Å². The van der Waals surface area contributed by atoms with Crippen LogP contribution in [0.15, 0.2) is 42.5 Å². The van der Waals surface area contributed by atoms with Crippen LogP contribution in [0.2, 0.25) is 0 Å². The van der Waals surface area contributed by atoms with E-state index in [9.17, 15) is 5.11 Å². The van der Waals surface area contributed by atoms with Crippen molar-refractivity contribution in [1.82, 2.24) is 0 Å². The summed E-state index contributed by atoms with van der Waals surface area (Å²) in [6.07, 6.45) is 1.84. The lowest BCUT2D eigenvalue weighted by Crippen LogP contribution is -2.17. The molecule has 1 unspecified atom stereocenters. The third-order valence-corrected chi connectivity index (χ3v) is 4.74. The summed E-state index contributed by atoms with van der Waals surface area (Å²) in [6, 6.07) is 14.6. The minimum atomic E-state index is -0.344. The highest BCUT2D eigenvalue weighted by Gasteiger charge is 2.51. The Morgan fingerprint density at radius 3 is 2.35 bits per heavy atom. The maximum Gasteiger partial charge on any atom is 0.0978 e. The van der Waals surface area contributed by atoms with Crippen LogP contribution in [0.25, 0.3) is 0 Å². The molecule has 3 rings (SSSR count). The van der Waals surface area contributed by atoms with Crippen molar-refractivity contribution in [3.05, 3.63) is 57.8 Å². The van der Waals surface area contributed by atoms with Gasteiger partial charge in [-0.15, -0.1) is 11.3 Å². The van der Waals surface area contributed by atoms with Crippen LogP contribution < -0.4 is 0 Å². The molecule has 1 fully saturated rings. The van der Waals surface area contributed by atoms with E-state index in [1.54, 1.807) is 11.3 Å². The number of rotatable bonds is 3. The Morgan fingerprint density at radius 2 is 1.82 bits per heavy atom. The van der Waals surface area contributed by atoms with Crippen LogP contribution in [0.1, 0.15) is 34.3 Å². The average Bonchev–Trinajstić information content (AvgIpc) is 3.07. The van der Waals surface area contributed by atoms with Crippen LogP contribution in [0.3, 0.4) is 0 Å². The lowest BCUT2D eigenvalue weighted by Gasteiger charge is -2.21. The summed E-state index contributed by atoms with van der Waals surface area (Å²) in [5.41, 5.74) is 1.26. The van der Waals surface area contributed by atoms with Gasteiger partial charge in [-0.3, -0.25) is 0 Å². The van der Waals surface area contributed by atoms with E-state index >= 15 is 0 Å². The Balaban J connectivity index is 1.94. The fourth-order valence-corrected chi connectivity index (χ4v) is 3.48. The molecule has 0 saturated heterocycles. The van der Waals surface area contributed by atoms with Crippen LogP contribution >= 0.6 is 11.3 Å². The second kappa shape index (κ2) is 3.97. The number of aliphatic hydroxyl groups is 1. The van der Waals surface area contributed by atoms with Crippen molar-refractivity contribution >= 4 is 11.3 Å². The van der Waals surface area contributed by atoms with E-state index in [0.29, 0.717) is 0 Å². The molecule has 1 N–H and O–H groups in total. The highest BCUT2D eigenvalue weighted by Crippen LogP contribution is 2.57. The molecule has 1 saturated carbocycles. The van der Waals surface area contributed by atoms with Gasteiger partial charge in [0.1, 0.15) is 0 Å². The summed E-state index contributed by atoms with van der Waals surface area (Å²) in [5, 5.41) is 10.6. The zero-order valence-corrected chi connectivity index (χ0v) is 10.7. The Hall–Kier alpha value is -1.12. The normalized spacial score (nSPS) is 18.9. The number of aliphatic hydroxyl groups excluding tert-OH is 1. The first-order chi connectivity index (χ1) is 8.22. The molecule has 1 heterocycles. The lowest BCUT2D eigenvalue weighted by molar-refractivity contribution is 0.136. The first kappa shape index (κ1) is 11.0. The van der Waals surface area contributed by atoms with Gasteiger partial charge in [0.2, 0.25) is 0 Å². The van der Waals surface area contributed by atoms with Gasteiger partial charge in [-0.1, -0.05) is 30.3 Å². The summed E-state index contributed by atoms with van der Waals surface area (Å²) >= 11 is 1.71. The minimum absolute atomic E-state index is 0.0153. The number of benzene rings is 1. The predicted molar refractivity (Wildman–Crippen MR) is 71.4 cm³/mol. The number of thiophene rings is 1. The summed E-state index contributed by atoms with van der Waals surface area (Å²) < 4.78 is 0. The summed E-state index contributed by atoms with van der Waals surface area (Å²) in [4.78, 5) is 2.37. The second-order valence-corrected chi connectivity index (χ2v) is 6.19. The molecule has 88 valence electrons. The van der Waals surface area contributed by atoms with Crippen molar-refractivity contribution < 1.29 is 5.11 Å². The Kier molecular flexibility index (Phi) is 2.57. The van der Waals surface area contributed by atoms with Crippen molar-refractivity contribution in [2.24, 2.45) is 0 Å². The molecule has 1 nitrogen and oxygen atoms in total. The van der Waals surface area contributed by atoms with E-state index in [2.05, 4.69) is 43.3 Å². The third kappa shape index (κ3) is 1.81. The van der Waals surface area contributed by atoms with Crippen molar-refractivity contribution in [2.75, 3.05) is 0 Å². The molecule has 1 aromatic carbocycles. The minimum Gasteiger partial charge on any atom is -0.387 e. The summed E-state index contributed by atoms with van der Waals surface area (Å²) in [6.45, 7) is 2.09. The molecule has 17 heavy (non-hydrogen) atoms. The van der Waals surface area contributed by atoms with Crippen LogP contribution in [-0.4, -0.2) is 5.11 Å². The molecule has 0 spiro atoms. The van der Waals surface area contributed by atoms with Crippen LogP contribution in [0, 0.1) is 6.92 Å². The third-order valence-electron chi connectivity index (χ3n) is 3.69. The predicted octanol–water partition coefficient (Wildman–Crippen LogP) is 3.82. The molecule has 0 amide bonds. The molecule has 1 aliphatic rings. The zero-order valence-electron chi connectivity index (χ0n) is 9.89. The van der Waals surface area contributed by atoms with E-state index in [1.165, 1.54) is 10.4 Å². The number of aryl methyl sites for hydroxylation is 1. The first-order valence-corrected chi connectivity index (χ1v) is 6.84. The average molecular weight is 244 g/mol. The molecule has 1 aliphatic carbocycles. The fraction of sp³-hybridized carbons (Fsp3) is 0.333. The van der Waals surface area contributed by atoms with E-state index < -0.39 is 0 Å². The molecular weight excluding hydrogens is 228 g/mol. The van der Waals surface area contributed by atoms with Gasteiger partial charge < -0.3 is 5.11 Å². The molecule has 0 bridgehead atoms. The highest BCUT2D eigenvalue weighted by atomic mass is 32.1. The van der Waals surface area contributed by atoms with Gasteiger partial charge in [0.25, 0.3) is 0 Å². The second-order valence-electron chi connectivity index (χ2n) is 4.87. The monoisotopic (exact) mass is 244 g/mol. The molecule has 0 radical (unpaired) electrons. The van der Waals surface area contributed by atoms with Crippen molar-refractivity contribution in [3.63, 3.8) is 0 Å². The van der Waals surface area contributed by atoms with Gasteiger partial charge in [-0.2, -0.15) is 0 Å². The summed E-state index contributed by atoms with van der Waals surface area (Å²) in [7, 11) is 0. The molecule has 2 aromatic rings. The van der Waals surface area contributed by atoms with E-state index in [1.807, 2.05) is 6.07 Å².